The van der Waals surface area contributed by atoms with Crippen LogP contribution in [-0.2, 0) is 6.54 Å². The molecule has 0 amide bonds. The largest absolute Gasteiger partial charge is 0.438 e. The molecule has 0 atom stereocenters. The molecule has 20 heavy (non-hydrogen) atoms. The molecule has 0 saturated heterocycles. The van der Waals surface area contributed by atoms with Gasteiger partial charge in [-0.3, -0.25) is 4.98 Å². The third kappa shape index (κ3) is 2.21. The van der Waals surface area contributed by atoms with Crippen molar-refractivity contribution in [2.45, 2.75) is 13.5 Å². The van der Waals surface area contributed by atoms with Gasteiger partial charge >= 0.3 is 0 Å². The monoisotopic (exact) mass is 265 g/mol. The van der Waals surface area contributed by atoms with Crippen LogP contribution in [0.15, 0.2) is 48.8 Å². The standard InChI is InChI=1S/C16H15N3O/c1-11-7-9-19-16(13(11)10-17)20-15-6-2-5-14-12(15)4-3-8-18-14/h2-9H,10,17H2,1H3. The highest BCUT2D eigenvalue weighted by atomic mass is 16.5. The van der Waals surface area contributed by atoms with Gasteiger partial charge in [-0.15, -0.1) is 0 Å². The number of nitrogens with two attached hydrogens (primary N) is 1. The van der Waals surface area contributed by atoms with E-state index >= 15 is 0 Å². The van der Waals surface area contributed by atoms with E-state index < -0.39 is 0 Å². The summed E-state index contributed by atoms with van der Waals surface area (Å²) >= 11 is 0. The number of fused-ring (bicyclic) bond motifs is 1. The molecule has 100 valence electrons. The van der Waals surface area contributed by atoms with Crippen molar-refractivity contribution in [3.8, 4) is 11.6 Å². The van der Waals surface area contributed by atoms with Gasteiger partial charge in [0.15, 0.2) is 0 Å². The molecule has 4 nitrogen and oxygen atoms in total. The lowest BCUT2D eigenvalue weighted by Crippen LogP contribution is -2.03. The topological polar surface area (TPSA) is 61.0 Å². The van der Waals surface area contributed by atoms with E-state index in [1.807, 2.05) is 43.3 Å². The molecule has 0 unspecified atom stereocenters. The molecule has 0 aliphatic carbocycles. The molecule has 3 aromatic rings. The molecule has 4 heteroatoms. The zero-order valence-corrected chi connectivity index (χ0v) is 11.2. The maximum absolute atomic E-state index is 5.96. The quantitative estimate of drug-likeness (QED) is 0.790. The van der Waals surface area contributed by atoms with Crippen LogP contribution in [0.25, 0.3) is 10.9 Å². The van der Waals surface area contributed by atoms with Gasteiger partial charge in [-0.1, -0.05) is 6.07 Å². The second kappa shape index (κ2) is 5.27. The van der Waals surface area contributed by atoms with E-state index in [0.717, 1.165) is 27.8 Å². The summed E-state index contributed by atoms with van der Waals surface area (Å²) in [5.41, 5.74) is 8.68. The minimum absolute atomic E-state index is 0.401. The molecular weight excluding hydrogens is 250 g/mol. The van der Waals surface area contributed by atoms with E-state index in [9.17, 15) is 0 Å². The molecule has 0 saturated carbocycles. The molecule has 0 radical (unpaired) electrons. The fourth-order valence-electron chi connectivity index (χ4n) is 2.17. The summed E-state index contributed by atoms with van der Waals surface area (Å²) in [7, 11) is 0. The van der Waals surface area contributed by atoms with Gasteiger partial charge < -0.3 is 10.5 Å². The summed E-state index contributed by atoms with van der Waals surface area (Å²) in [5, 5.41) is 0.960. The Bertz CT molecular complexity index is 750. The van der Waals surface area contributed by atoms with E-state index in [2.05, 4.69) is 9.97 Å². The summed E-state index contributed by atoms with van der Waals surface area (Å²) in [4.78, 5) is 8.61. The predicted octanol–water partition coefficient (Wildman–Crippen LogP) is 3.19. The first kappa shape index (κ1) is 12.6. The number of rotatable bonds is 3. The lowest BCUT2D eigenvalue weighted by Gasteiger charge is -2.12. The first-order chi connectivity index (χ1) is 9.79. The SMILES string of the molecule is Cc1ccnc(Oc2cccc3ncccc23)c1CN. The number of aryl methyl sites for hydroxylation is 1. The van der Waals surface area contributed by atoms with E-state index in [1.165, 1.54) is 0 Å². The normalized spacial score (nSPS) is 10.7. The minimum atomic E-state index is 0.401. The summed E-state index contributed by atoms with van der Waals surface area (Å²) in [6, 6.07) is 11.6. The highest BCUT2D eigenvalue weighted by molar-refractivity contribution is 5.85. The minimum Gasteiger partial charge on any atom is -0.438 e. The number of pyridine rings is 2. The third-order valence-electron chi connectivity index (χ3n) is 3.27. The fourth-order valence-corrected chi connectivity index (χ4v) is 2.17. The highest BCUT2D eigenvalue weighted by Gasteiger charge is 2.10. The van der Waals surface area contributed by atoms with Crippen molar-refractivity contribution in [2.24, 2.45) is 5.73 Å². The first-order valence-corrected chi connectivity index (χ1v) is 6.46. The van der Waals surface area contributed by atoms with Crippen molar-refractivity contribution in [2.75, 3.05) is 0 Å². The van der Waals surface area contributed by atoms with Crippen molar-refractivity contribution in [3.05, 3.63) is 59.9 Å². The van der Waals surface area contributed by atoms with Gasteiger partial charge in [-0.25, -0.2) is 4.98 Å². The number of aromatic nitrogens is 2. The zero-order valence-electron chi connectivity index (χ0n) is 11.2. The second-order valence-corrected chi connectivity index (χ2v) is 4.54. The molecule has 0 aliphatic heterocycles. The van der Waals surface area contributed by atoms with Crippen LogP contribution in [0.5, 0.6) is 11.6 Å². The van der Waals surface area contributed by atoms with Crippen LogP contribution >= 0.6 is 0 Å². The Morgan fingerprint density at radius 2 is 1.95 bits per heavy atom. The Kier molecular flexibility index (Phi) is 3.31. The molecule has 3 rings (SSSR count). The first-order valence-electron chi connectivity index (χ1n) is 6.46. The summed E-state index contributed by atoms with van der Waals surface area (Å²) in [5.74, 6) is 1.30. The average molecular weight is 265 g/mol. The second-order valence-electron chi connectivity index (χ2n) is 4.54. The zero-order chi connectivity index (χ0) is 13.9. The van der Waals surface area contributed by atoms with Crippen molar-refractivity contribution >= 4 is 10.9 Å². The van der Waals surface area contributed by atoms with Crippen LogP contribution in [0.3, 0.4) is 0 Å². The van der Waals surface area contributed by atoms with Crippen LogP contribution in [-0.4, -0.2) is 9.97 Å². The Morgan fingerprint density at radius 1 is 1.05 bits per heavy atom. The number of hydrogen-bond acceptors (Lipinski definition) is 4. The molecule has 2 heterocycles. The van der Waals surface area contributed by atoms with Gasteiger partial charge in [0.05, 0.1) is 5.52 Å². The van der Waals surface area contributed by atoms with Crippen LogP contribution in [0.1, 0.15) is 11.1 Å². The molecule has 0 spiro atoms. The Labute approximate surface area is 117 Å². The van der Waals surface area contributed by atoms with Gasteiger partial charge in [0.2, 0.25) is 5.88 Å². The fraction of sp³-hybridized carbons (Fsp3) is 0.125. The lowest BCUT2D eigenvalue weighted by molar-refractivity contribution is 0.460. The average Bonchev–Trinajstić information content (AvgIpc) is 2.48. The third-order valence-corrected chi connectivity index (χ3v) is 3.27. The molecular formula is C16H15N3O. The predicted molar refractivity (Wildman–Crippen MR) is 78.7 cm³/mol. The van der Waals surface area contributed by atoms with Gasteiger partial charge in [0, 0.05) is 29.9 Å². The van der Waals surface area contributed by atoms with Crippen molar-refractivity contribution in [1.29, 1.82) is 0 Å². The molecule has 0 fully saturated rings. The van der Waals surface area contributed by atoms with Crippen molar-refractivity contribution < 1.29 is 4.74 Å². The van der Waals surface area contributed by atoms with Crippen molar-refractivity contribution in [1.82, 2.24) is 9.97 Å². The van der Waals surface area contributed by atoms with E-state index in [1.54, 1.807) is 12.4 Å². The van der Waals surface area contributed by atoms with Crippen LogP contribution in [0.2, 0.25) is 0 Å². The Hall–Kier alpha value is -2.46. The number of hydrogen-bond donors (Lipinski definition) is 1. The van der Waals surface area contributed by atoms with E-state index in [0.29, 0.717) is 12.4 Å². The molecule has 2 aromatic heterocycles. The van der Waals surface area contributed by atoms with Gasteiger partial charge in [0.1, 0.15) is 5.75 Å². The Morgan fingerprint density at radius 3 is 2.80 bits per heavy atom. The molecule has 1 aromatic carbocycles. The summed E-state index contributed by atoms with van der Waals surface area (Å²) < 4.78 is 5.96. The number of nitrogens with zero attached hydrogens (tertiary/aromatic N) is 2. The van der Waals surface area contributed by atoms with Crippen LogP contribution < -0.4 is 10.5 Å². The van der Waals surface area contributed by atoms with E-state index in [4.69, 9.17) is 10.5 Å². The summed E-state index contributed by atoms with van der Waals surface area (Å²) in [6.07, 6.45) is 3.50. The smallest absolute Gasteiger partial charge is 0.223 e. The molecule has 2 N–H and O–H groups in total. The maximum atomic E-state index is 5.96. The lowest BCUT2D eigenvalue weighted by atomic mass is 10.1. The molecule has 0 bridgehead atoms. The summed E-state index contributed by atoms with van der Waals surface area (Å²) in [6.45, 7) is 2.40. The van der Waals surface area contributed by atoms with Crippen LogP contribution in [0, 0.1) is 6.92 Å². The molecule has 0 aliphatic rings. The van der Waals surface area contributed by atoms with Gasteiger partial charge in [0.25, 0.3) is 0 Å². The highest BCUT2D eigenvalue weighted by Crippen LogP contribution is 2.30. The van der Waals surface area contributed by atoms with Crippen molar-refractivity contribution in [3.63, 3.8) is 0 Å². The van der Waals surface area contributed by atoms with Gasteiger partial charge in [-0.2, -0.15) is 0 Å². The van der Waals surface area contributed by atoms with E-state index in [-0.39, 0.29) is 0 Å². The number of benzene rings is 1. The Balaban J connectivity index is 2.08. The number of ether oxygens (including phenoxy) is 1. The van der Waals surface area contributed by atoms with Gasteiger partial charge in [-0.05, 0) is 42.8 Å². The maximum Gasteiger partial charge on any atom is 0.223 e. The van der Waals surface area contributed by atoms with Crippen LogP contribution in [0.4, 0.5) is 0 Å².